The normalized spacial score (nSPS) is 20.7. The average molecular weight is 409 g/mol. The minimum Gasteiger partial charge on any atom is -0.251 e. The molecule has 2 aliphatic rings. The molecule has 0 unspecified atom stereocenters. The van der Waals surface area contributed by atoms with E-state index in [2.05, 4.69) is 12.1 Å². The highest BCUT2D eigenvalue weighted by Crippen LogP contribution is 2.51. The number of hydrogen-bond acceptors (Lipinski definition) is 2. The lowest BCUT2D eigenvalue weighted by Gasteiger charge is -2.31. The van der Waals surface area contributed by atoms with Gasteiger partial charge in [0.1, 0.15) is 0 Å². The number of aliphatic imine (C=N–C) groups is 1. The van der Waals surface area contributed by atoms with Crippen LogP contribution in [-0.2, 0) is 12.6 Å². The molecule has 0 amide bonds. The molecule has 0 aromatic heterocycles. The second kappa shape index (κ2) is 7.06. The van der Waals surface area contributed by atoms with Crippen LogP contribution in [0.1, 0.15) is 33.9 Å². The number of nitrogens with zero attached hydrogens (tertiary/aromatic N) is 1. The Bertz CT molecular complexity index is 1090. The van der Waals surface area contributed by atoms with Gasteiger partial charge in [-0.25, -0.2) is 0 Å². The Balaban J connectivity index is 1.63. The van der Waals surface area contributed by atoms with Gasteiger partial charge in [0.2, 0.25) is 0 Å². The Kier molecular flexibility index (Phi) is 4.50. The van der Waals surface area contributed by atoms with Crippen LogP contribution in [0.3, 0.4) is 0 Å². The third-order valence-corrected chi connectivity index (χ3v) is 7.12. The average Bonchev–Trinajstić information content (AvgIpc) is 2.90. The molecule has 0 N–H and O–H groups in total. The van der Waals surface area contributed by atoms with Crippen molar-refractivity contribution in [2.24, 2.45) is 10.9 Å². The number of aryl methyl sites for hydroxylation is 1. The lowest BCUT2D eigenvalue weighted by molar-refractivity contribution is -0.137. The first-order valence-corrected chi connectivity index (χ1v) is 10.5. The zero-order valence-electron chi connectivity index (χ0n) is 15.5. The van der Waals surface area contributed by atoms with Crippen molar-refractivity contribution >= 4 is 23.2 Å². The molecule has 0 saturated heterocycles. The number of hydrogen-bond donors (Lipinski definition) is 0. The van der Waals surface area contributed by atoms with Crippen molar-refractivity contribution in [2.75, 3.05) is 0 Å². The molecule has 1 nitrogen and oxygen atoms in total. The van der Waals surface area contributed by atoms with Gasteiger partial charge >= 0.3 is 6.18 Å². The second-order valence-corrected chi connectivity index (χ2v) is 8.61. The molecule has 1 heterocycles. The first-order chi connectivity index (χ1) is 14.0. The fourth-order valence-electron chi connectivity index (χ4n) is 4.23. The molecular formula is C24H18F3NS. The molecule has 0 radical (unpaired) electrons. The van der Waals surface area contributed by atoms with Crippen LogP contribution in [0.2, 0.25) is 0 Å². The molecule has 29 heavy (non-hydrogen) atoms. The number of fused-ring (bicyclic) bond motifs is 4. The van der Waals surface area contributed by atoms with Crippen LogP contribution in [0.5, 0.6) is 0 Å². The molecule has 2 atom stereocenters. The van der Waals surface area contributed by atoms with E-state index < -0.39 is 11.7 Å². The minimum absolute atomic E-state index is 0.0213. The molecule has 146 valence electrons. The van der Waals surface area contributed by atoms with Gasteiger partial charge in [0.05, 0.1) is 17.0 Å². The summed E-state index contributed by atoms with van der Waals surface area (Å²) >= 11 is 1.71. The first kappa shape index (κ1) is 18.5. The molecule has 5 heteroatoms. The van der Waals surface area contributed by atoms with Crippen molar-refractivity contribution in [1.29, 1.82) is 0 Å². The van der Waals surface area contributed by atoms with E-state index in [0.29, 0.717) is 0 Å². The summed E-state index contributed by atoms with van der Waals surface area (Å²) < 4.78 is 39.1. The number of benzene rings is 3. The van der Waals surface area contributed by atoms with Crippen LogP contribution < -0.4 is 0 Å². The van der Waals surface area contributed by atoms with Crippen molar-refractivity contribution in [1.82, 2.24) is 0 Å². The maximum absolute atomic E-state index is 13.0. The lowest BCUT2D eigenvalue weighted by Crippen LogP contribution is -2.27. The van der Waals surface area contributed by atoms with E-state index in [4.69, 9.17) is 4.99 Å². The molecule has 3 aromatic rings. The minimum atomic E-state index is -4.32. The molecular weight excluding hydrogens is 391 g/mol. The Morgan fingerprint density at radius 1 is 0.862 bits per heavy atom. The Labute approximate surface area is 171 Å². The first-order valence-electron chi connectivity index (χ1n) is 9.60. The van der Waals surface area contributed by atoms with Crippen molar-refractivity contribution in [3.8, 4) is 0 Å². The summed E-state index contributed by atoms with van der Waals surface area (Å²) in [6.45, 7) is 0. The summed E-state index contributed by atoms with van der Waals surface area (Å²) in [5, 5.41) is 0.0213. The molecule has 3 aromatic carbocycles. The van der Waals surface area contributed by atoms with Gasteiger partial charge in [0, 0.05) is 16.1 Å². The maximum atomic E-state index is 13.0. The smallest absolute Gasteiger partial charge is 0.251 e. The van der Waals surface area contributed by atoms with Gasteiger partial charge in [-0.15, -0.1) is 11.8 Å². The fourth-order valence-corrected chi connectivity index (χ4v) is 5.62. The van der Waals surface area contributed by atoms with Crippen molar-refractivity contribution in [3.05, 3.63) is 95.1 Å². The van der Waals surface area contributed by atoms with Gasteiger partial charge in [-0.2, -0.15) is 13.2 Å². The van der Waals surface area contributed by atoms with Crippen molar-refractivity contribution in [3.63, 3.8) is 0 Å². The number of alkyl halides is 3. The Hall–Kier alpha value is -2.53. The van der Waals surface area contributed by atoms with Gasteiger partial charge in [-0.05, 0) is 53.8 Å². The van der Waals surface area contributed by atoms with Crippen molar-refractivity contribution < 1.29 is 13.2 Å². The molecule has 0 spiro atoms. The predicted molar refractivity (Wildman–Crippen MR) is 111 cm³/mol. The quantitative estimate of drug-likeness (QED) is 0.413. The summed E-state index contributed by atoms with van der Waals surface area (Å²) in [7, 11) is 0. The van der Waals surface area contributed by atoms with Crippen LogP contribution in [0, 0.1) is 5.92 Å². The number of halogens is 3. The van der Waals surface area contributed by atoms with E-state index >= 15 is 0 Å². The zero-order valence-corrected chi connectivity index (χ0v) is 16.3. The molecule has 1 aliphatic heterocycles. The predicted octanol–water partition coefficient (Wildman–Crippen LogP) is 7.24. The molecule has 0 fully saturated rings. The molecule has 1 aliphatic carbocycles. The zero-order chi connectivity index (χ0) is 20.0. The largest absolute Gasteiger partial charge is 0.416 e. The van der Waals surface area contributed by atoms with E-state index in [9.17, 15) is 13.2 Å². The number of thioether (sulfide) groups is 1. The van der Waals surface area contributed by atoms with Gasteiger partial charge in [0.25, 0.3) is 0 Å². The second-order valence-electron chi connectivity index (χ2n) is 7.43. The highest BCUT2D eigenvalue weighted by atomic mass is 32.2. The van der Waals surface area contributed by atoms with E-state index in [1.807, 2.05) is 36.4 Å². The SMILES string of the molecule is FC(F)(F)c1ccc([C@H]2Sc3ccccc3N=C3c4ccccc4CC[C@@H]32)cc1. The van der Waals surface area contributed by atoms with Crippen LogP contribution in [-0.4, -0.2) is 5.71 Å². The van der Waals surface area contributed by atoms with Crippen LogP contribution >= 0.6 is 11.8 Å². The summed E-state index contributed by atoms with van der Waals surface area (Å²) in [6.07, 6.45) is -2.44. The van der Waals surface area contributed by atoms with E-state index in [-0.39, 0.29) is 11.2 Å². The summed E-state index contributed by atoms with van der Waals surface area (Å²) in [4.78, 5) is 6.12. The highest BCUT2D eigenvalue weighted by molar-refractivity contribution is 7.99. The topological polar surface area (TPSA) is 12.4 Å². The number of rotatable bonds is 1. The number of para-hydroxylation sites is 1. The van der Waals surface area contributed by atoms with E-state index in [1.54, 1.807) is 23.9 Å². The van der Waals surface area contributed by atoms with Crippen LogP contribution in [0.15, 0.2) is 82.7 Å². The third-order valence-electron chi connectivity index (χ3n) is 5.66. The molecule has 0 saturated carbocycles. The van der Waals surface area contributed by atoms with E-state index in [1.165, 1.54) is 17.7 Å². The van der Waals surface area contributed by atoms with Crippen LogP contribution in [0.4, 0.5) is 18.9 Å². The fraction of sp³-hybridized carbons (Fsp3) is 0.208. The monoisotopic (exact) mass is 409 g/mol. The third kappa shape index (κ3) is 3.38. The lowest BCUT2D eigenvalue weighted by atomic mass is 9.78. The Morgan fingerprint density at radius 2 is 1.59 bits per heavy atom. The standard InChI is InChI=1S/C24H18F3NS/c25-24(26,27)17-12-9-16(10-13-17)23-19-14-11-15-5-1-2-6-18(15)22(19)28-20-7-3-4-8-21(20)29-23/h1-10,12-13,19,23H,11,14H2/t19-,23+/m0/s1. The highest BCUT2D eigenvalue weighted by Gasteiger charge is 2.36. The van der Waals surface area contributed by atoms with Gasteiger partial charge in [-0.1, -0.05) is 48.5 Å². The summed E-state index contributed by atoms with van der Waals surface area (Å²) in [6, 6.07) is 22.0. The molecule has 5 rings (SSSR count). The van der Waals surface area contributed by atoms with Gasteiger partial charge < -0.3 is 0 Å². The Morgan fingerprint density at radius 3 is 2.38 bits per heavy atom. The van der Waals surface area contributed by atoms with Crippen molar-refractivity contribution in [2.45, 2.75) is 29.2 Å². The van der Waals surface area contributed by atoms with Gasteiger partial charge in [-0.3, -0.25) is 4.99 Å². The van der Waals surface area contributed by atoms with Crippen LogP contribution in [0.25, 0.3) is 0 Å². The molecule has 0 bridgehead atoms. The summed E-state index contributed by atoms with van der Waals surface area (Å²) in [5.74, 6) is 0.152. The summed E-state index contributed by atoms with van der Waals surface area (Å²) in [5.41, 5.74) is 4.74. The maximum Gasteiger partial charge on any atom is 0.416 e. The van der Waals surface area contributed by atoms with E-state index in [0.717, 1.165) is 40.3 Å². The van der Waals surface area contributed by atoms with Gasteiger partial charge in [0.15, 0.2) is 0 Å².